The molecule has 0 spiro atoms. The van der Waals surface area contributed by atoms with Gasteiger partial charge in [0.25, 0.3) is 0 Å². The molecule has 0 aliphatic heterocycles. The SMILES string of the molecule is CN(C)[C@H]1CC[C@H](Cc2ncnc3c2C2=C(CCC2C(=O)NCc2ccccc2)C3)CC1. The number of benzene rings is 1. The predicted octanol–water partition coefficient (Wildman–Crippen LogP) is 4.18. The van der Waals surface area contributed by atoms with E-state index in [0.29, 0.717) is 18.5 Å². The number of amides is 1. The van der Waals surface area contributed by atoms with Crippen LogP contribution in [0, 0.1) is 11.8 Å². The fraction of sp³-hybridized carbons (Fsp3) is 0.519. The molecule has 0 bridgehead atoms. The average Bonchev–Trinajstić information content (AvgIpc) is 3.38. The van der Waals surface area contributed by atoms with Crippen LogP contribution in [0.4, 0.5) is 0 Å². The van der Waals surface area contributed by atoms with Gasteiger partial charge in [0.15, 0.2) is 0 Å². The van der Waals surface area contributed by atoms with Gasteiger partial charge in [-0.2, -0.15) is 0 Å². The summed E-state index contributed by atoms with van der Waals surface area (Å²) in [6.07, 6.45) is 10.6. The highest BCUT2D eigenvalue weighted by molar-refractivity contribution is 5.96. The van der Waals surface area contributed by atoms with Crippen molar-refractivity contribution in [1.82, 2.24) is 20.2 Å². The molecule has 1 amide bonds. The number of aromatic nitrogens is 2. The largest absolute Gasteiger partial charge is 0.351 e. The molecule has 5 nitrogen and oxygen atoms in total. The van der Waals surface area contributed by atoms with Crippen molar-refractivity contribution in [3.8, 4) is 0 Å². The van der Waals surface area contributed by atoms with Crippen LogP contribution >= 0.6 is 0 Å². The monoisotopic (exact) mass is 430 g/mol. The van der Waals surface area contributed by atoms with Gasteiger partial charge >= 0.3 is 0 Å². The van der Waals surface area contributed by atoms with E-state index >= 15 is 0 Å². The van der Waals surface area contributed by atoms with E-state index in [1.54, 1.807) is 6.33 Å². The van der Waals surface area contributed by atoms with Crippen molar-refractivity contribution in [3.05, 3.63) is 64.7 Å². The van der Waals surface area contributed by atoms with Crippen molar-refractivity contribution in [2.24, 2.45) is 11.8 Å². The van der Waals surface area contributed by atoms with Gasteiger partial charge in [0.2, 0.25) is 5.91 Å². The van der Waals surface area contributed by atoms with E-state index in [1.807, 2.05) is 18.2 Å². The molecule has 1 N–H and O–H groups in total. The number of nitrogens with one attached hydrogen (secondary N) is 1. The van der Waals surface area contributed by atoms with Crippen molar-refractivity contribution >= 4 is 11.5 Å². The van der Waals surface area contributed by atoms with Crippen LogP contribution in [0.15, 0.2) is 42.2 Å². The number of nitrogens with zero attached hydrogens (tertiary/aromatic N) is 3. The molecule has 3 aliphatic carbocycles. The molecule has 0 saturated heterocycles. The van der Waals surface area contributed by atoms with Crippen molar-refractivity contribution < 1.29 is 4.79 Å². The van der Waals surface area contributed by atoms with Gasteiger partial charge in [-0.05, 0) is 76.1 Å². The van der Waals surface area contributed by atoms with Gasteiger partial charge in [-0.1, -0.05) is 35.9 Å². The number of carbonyl (C=O) groups is 1. The molecule has 0 radical (unpaired) electrons. The zero-order valence-electron chi connectivity index (χ0n) is 19.3. The van der Waals surface area contributed by atoms with Gasteiger partial charge in [-0.25, -0.2) is 9.97 Å². The van der Waals surface area contributed by atoms with Crippen LogP contribution in [-0.2, 0) is 24.2 Å². The number of hydrogen-bond donors (Lipinski definition) is 1. The zero-order valence-corrected chi connectivity index (χ0v) is 19.3. The van der Waals surface area contributed by atoms with E-state index in [9.17, 15) is 4.79 Å². The molecular formula is C27H34N4O. The van der Waals surface area contributed by atoms with E-state index < -0.39 is 0 Å². The zero-order chi connectivity index (χ0) is 22.1. The lowest BCUT2D eigenvalue weighted by Gasteiger charge is -2.32. The lowest BCUT2D eigenvalue weighted by atomic mass is 9.81. The molecule has 3 aliphatic rings. The Labute approximate surface area is 191 Å². The maximum atomic E-state index is 13.2. The average molecular weight is 431 g/mol. The highest BCUT2D eigenvalue weighted by Gasteiger charge is 2.39. The summed E-state index contributed by atoms with van der Waals surface area (Å²) in [5.74, 6) is 0.763. The van der Waals surface area contributed by atoms with Gasteiger partial charge in [0.05, 0.1) is 17.3 Å². The summed E-state index contributed by atoms with van der Waals surface area (Å²) in [4.78, 5) is 24.9. The van der Waals surface area contributed by atoms with E-state index in [2.05, 4.69) is 41.4 Å². The summed E-state index contributed by atoms with van der Waals surface area (Å²) in [6, 6.07) is 10.9. The topological polar surface area (TPSA) is 58.1 Å². The molecule has 32 heavy (non-hydrogen) atoms. The third kappa shape index (κ3) is 4.23. The number of hydrogen-bond acceptors (Lipinski definition) is 4. The summed E-state index contributed by atoms with van der Waals surface area (Å²) >= 11 is 0. The van der Waals surface area contributed by atoms with Crippen LogP contribution in [0.1, 0.15) is 61.0 Å². The standard InChI is InChI=1S/C27H34N4O/c1-31(2)21-11-8-18(9-12-21)14-23-26-24(30-17-29-23)15-20-10-13-22(25(20)26)27(32)28-16-19-6-4-3-5-7-19/h3-7,17-18,21-22H,8-16H2,1-2H3,(H,28,32)/t18-,21-,22?. The Morgan fingerprint density at radius 3 is 2.59 bits per heavy atom. The minimum atomic E-state index is -0.0656. The molecule has 1 saturated carbocycles. The highest BCUT2D eigenvalue weighted by atomic mass is 16.1. The normalized spacial score (nSPS) is 24.5. The second kappa shape index (κ2) is 9.14. The minimum absolute atomic E-state index is 0.0656. The summed E-state index contributed by atoms with van der Waals surface area (Å²) < 4.78 is 0. The van der Waals surface area contributed by atoms with Gasteiger partial charge in [-0.3, -0.25) is 4.79 Å². The Hall–Kier alpha value is -2.53. The summed E-state index contributed by atoms with van der Waals surface area (Å²) in [7, 11) is 4.39. The van der Waals surface area contributed by atoms with E-state index in [-0.39, 0.29) is 11.8 Å². The Morgan fingerprint density at radius 2 is 1.84 bits per heavy atom. The van der Waals surface area contributed by atoms with Crippen LogP contribution in [-0.4, -0.2) is 40.9 Å². The maximum Gasteiger partial charge on any atom is 0.227 e. The molecule has 2 aromatic rings. The van der Waals surface area contributed by atoms with Crippen LogP contribution in [0.2, 0.25) is 0 Å². The number of allylic oxidation sites excluding steroid dienone is 1. The summed E-state index contributed by atoms with van der Waals surface area (Å²) in [6.45, 7) is 0.582. The number of carbonyl (C=O) groups excluding carboxylic acids is 1. The lowest BCUT2D eigenvalue weighted by Crippen LogP contribution is -2.32. The lowest BCUT2D eigenvalue weighted by molar-refractivity contribution is -0.123. The van der Waals surface area contributed by atoms with Crippen LogP contribution < -0.4 is 5.32 Å². The quantitative estimate of drug-likeness (QED) is 0.747. The van der Waals surface area contributed by atoms with Crippen molar-refractivity contribution in [1.29, 1.82) is 0 Å². The van der Waals surface area contributed by atoms with Crippen molar-refractivity contribution in [2.75, 3.05) is 14.1 Å². The van der Waals surface area contributed by atoms with Crippen molar-refractivity contribution in [2.45, 2.75) is 64.0 Å². The van der Waals surface area contributed by atoms with Gasteiger partial charge in [0, 0.05) is 24.6 Å². The summed E-state index contributed by atoms with van der Waals surface area (Å²) in [5.41, 5.74) is 7.34. The molecule has 1 heterocycles. The molecular weight excluding hydrogens is 396 g/mol. The maximum absolute atomic E-state index is 13.2. The third-order valence-electron chi connectivity index (χ3n) is 7.77. The van der Waals surface area contributed by atoms with Gasteiger partial charge in [0.1, 0.15) is 6.33 Å². The van der Waals surface area contributed by atoms with Gasteiger partial charge < -0.3 is 10.2 Å². The van der Waals surface area contributed by atoms with E-state index in [0.717, 1.165) is 36.9 Å². The van der Waals surface area contributed by atoms with E-state index in [1.165, 1.54) is 48.1 Å². The third-order valence-corrected chi connectivity index (χ3v) is 7.77. The molecule has 5 rings (SSSR count). The molecule has 1 unspecified atom stereocenters. The fourth-order valence-electron chi connectivity index (χ4n) is 5.95. The molecule has 5 heteroatoms. The second-order valence-electron chi connectivity index (χ2n) is 9.97. The van der Waals surface area contributed by atoms with Crippen LogP contribution in [0.3, 0.4) is 0 Å². The Bertz CT molecular complexity index is 1010. The first kappa shape index (κ1) is 21.3. The first-order chi connectivity index (χ1) is 15.6. The molecule has 168 valence electrons. The van der Waals surface area contributed by atoms with Crippen molar-refractivity contribution in [3.63, 3.8) is 0 Å². The molecule has 1 atom stereocenters. The first-order valence-electron chi connectivity index (χ1n) is 12.1. The fourth-order valence-corrected chi connectivity index (χ4v) is 5.95. The molecule has 1 aromatic carbocycles. The highest BCUT2D eigenvalue weighted by Crippen LogP contribution is 2.47. The summed E-state index contributed by atoms with van der Waals surface area (Å²) in [5, 5.41) is 3.18. The molecule has 1 fully saturated rings. The molecule has 1 aromatic heterocycles. The predicted molar refractivity (Wildman–Crippen MR) is 127 cm³/mol. The van der Waals surface area contributed by atoms with Gasteiger partial charge in [-0.15, -0.1) is 0 Å². The minimum Gasteiger partial charge on any atom is -0.351 e. The Balaban J connectivity index is 1.31. The Kier molecular flexibility index (Phi) is 6.09. The number of rotatable bonds is 6. The van der Waals surface area contributed by atoms with Crippen LogP contribution in [0.25, 0.3) is 5.57 Å². The van der Waals surface area contributed by atoms with E-state index in [4.69, 9.17) is 4.98 Å². The van der Waals surface area contributed by atoms with Crippen LogP contribution in [0.5, 0.6) is 0 Å². The second-order valence-corrected chi connectivity index (χ2v) is 9.97. The Morgan fingerprint density at radius 1 is 1.06 bits per heavy atom. The first-order valence-corrected chi connectivity index (χ1v) is 12.1. The smallest absolute Gasteiger partial charge is 0.227 e. The number of fused-ring (bicyclic) bond motifs is 2.